The van der Waals surface area contributed by atoms with Gasteiger partial charge in [-0.25, -0.2) is 0 Å². The quantitative estimate of drug-likeness (QED) is 0.675. The fourth-order valence-electron chi connectivity index (χ4n) is 1.68. The van der Waals surface area contributed by atoms with Gasteiger partial charge in [0, 0.05) is 28.7 Å². The highest BCUT2D eigenvalue weighted by Crippen LogP contribution is 2.23. The van der Waals surface area contributed by atoms with Gasteiger partial charge in [0.2, 0.25) is 0 Å². The molecule has 0 spiro atoms. The summed E-state index contributed by atoms with van der Waals surface area (Å²) < 4.78 is 5.73. The fraction of sp³-hybridized carbons (Fsp3) is 0.250. The Hall–Kier alpha value is -1.73. The fourth-order valence-corrected chi connectivity index (χ4v) is 2.03. The molecule has 1 aromatic carbocycles. The molecule has 0 atom stereocenters. The van der Waals surface area contributed by atoms with Crippen LogP contribution < -0.4 is 5.32 Å². The number of nitrogens with one attached hydrogen (secondary N) is 1. The lowest BCUT2D eigenvalue weighted by atomic mass is 10.2. The Morgan fingerprint density at radius 3 is 2.84 bits per heavy atom. The van der Waals surface area contributed by atoms with E-state index in [0.29, 0.717) is 28.9 Å². The molecule has 1 N–H and O–H groups in total. The lowest BCUT2D eigenvalue weighted by Gasteiger charge is -2.04. The van der Waals surface area contributed by atoms with Crippen molar-refractivity contribution in [2.24, 2.45) is 0 Å². The van der Waals surface area contributed by atoms with E-state index in [0.717, 1.165) is 5.69 Å². The van der Waals surface area contributed by atoms with Gasteiger partial charge >= 0.3 is 0 Å². The maximum absolute atomic E-state index is 10.9. The lowest BCUT2D eigenvalue weighted by Crippen LogP contribution is -2.13. The number of nitrogens with zero attached hydrogens (tertiary/aromatic N) is 2. The number of nitro benzene ring substituents is 1. The SMILES string of the molecule is Cc1cc(CNCc2ccc(Br)cc2[N+](=O)[O-])on1. The van der Waals surface area contributed by atoms with E-state index in [1.807, 2.05) is 13.0 Å². The van der Waals surface area contributed by atoms with Crippen LogP contribution in [-0.4, -0.2) is 10.1 Å². The molecule has 0 radical (unpaired) electrons. The van der Waals surface area contributed by atoms with Crippen LogP contribution in [0, 0.1) is 17.0 Å². The van der Waals surface area contributed by atoms with Crippen LogP contribution in [0.4, 0.5) is 5.69 Å². The first-order chi connectivity index (χ1) is 9.06. The molecule has 2 aromatic rings. The standard InChI is InChI=1S/C12H12BrN3O3/c1-8-4-11(19-15-8)7-14-6-9-2-3-10(13)5-12(9)16(17)18/h2-5,14H,6-7H2,1H3. The van der Waals surface area contributed by atoms with Crippen LogP contribution in [0.2, 0.25) is 0 Å². The molecule has 0 unspecified atom stereocenters. The van der Waals surface area contributed by atoms with Crippen molar-refractivity contribution in [3.8, 4) is 0 Å². The summed E-state index contributed by atoms with van der Waals surface area (Å²) in [6.07, 6.45) is 0. The summed E-state index contributed by atoms with van der Waals surface area (Å²) in [5, 5.41) is 17.8. The Bertz CT molecular complexity index is 598. The Morgan fingerprint density at radius 1 is 1.42 bits per heavy atom. The molecule has 0 aliphatic carbocycles. The second-order valence-electron chi connectivity index (χ2n) is 4.07. The first-order valence-electron chi connectivity index (χ1n) is 5.62. The predicted molar refractivity (Wildman–Crippen MR) is 72.6 cm³/mol. The first-order valence-corrected chi connectivity index (χ1v) is 6.41. The van der Waals surface area contributed by atoms with E-state index in [1.165, 1.54) is 6.07 Å². The van der Waals surface area contributed by atoms with Crippen molar-refractivity contribution in [2.45, 2.75) is 20.0 Å². The smallest absolute Gasteiger partial charge is 0.275 e. The lowest BCUT2D eigenvalue weighted by molar-refractivity contribution is -0.385. The predicted octanol–water partition coefficient (Wildman–Crippen LogP) is 2.94. The molecule has 100 valence electrons. The number of halogens is 1. The Kier molecular flexibility index (Phi) is 4.28. The van der Waals surface area contributed by atoms with Gasteiger partial charge in [0.1, 0.15) is 0 Å². The number of aryl methyl sites for hydroxylation is 1. The summed E-state index contributed by atoms with van der Waals surface area (Å²) in [4.78, 5) is 10.6. The average molecular weight is 326 g/mol. The zero-order valence-corrected chi connectivity index (χ0v) is 11.8. The van der Waals surface area contributed by atoms with Crippen molar-refractivity contribution in [3.63, 3.8) is 0 Å². The van der Waals surface area contributed by atoms with Gasteiger partial charge in [0.15, 0.2) is 5.76 Å². The van der Waals surface area contributed by atoms with Crippen molar-refractivity contribution in [3.05, 3.63) is 55.9 Å². The molecular formula is C12H12BrN3O3. The van der Waals surface area contributed by atoms with Gasteiger partial charge in [0.25, 0.3) is 5.69 Å². The van der Waals surface area contributed by atoms with Crippen LogP contribution in [0.1, 0.15) is 17.0 Å². The van der Waals surface area contributed by atoms with Crippen LogP contribution in [0.5, 0.6) is 0 Å². The molecule has 2 rings (SSSR count). The van der Waals surface area contributed by atoms with Gasteiger partial charge in [-0.05, 0) is 19.1 Å². The van der Waals surface area contributed by atoms with Crippen LogP contribution in [0.3, 0.4) is 0 Å². The summed E-state index contributed by atoms with van der Waals surface area (Å²) in [6, 6.07) is 6.82. The Morgan fingerprint density at radius 2 is 2.21 bits per heavy atom. The number of rotatable bonds is 5. The summed E-state index contributed by atoms with van der Waals surface area (Å²) in [5.74, 6) is 0.706. The topological polar surface area (TPSA) is 81.2 Å². The zero-order chi connectivity index (χ0) is 13.8. The van der Waals surface area contributed by atoms with E-state index >= 15 is 0 Å². The average Bonchev–Trinajstić information content (AvgIpc) is 2.77. The number of hydrogen-bond acceptors (Lipinski definition) is 5. The number of aromatic nitrogens is 1. The summed E-state index contributed by atoms with van der Waals surface area (Å²) in [7, 11) is 0. The zero-order valence-electron chi connectivity index (χ0n) is 10.2. The summed E-state index contributed by atoms with van der Waals surface area (Å²) in [6.45, 7) is 2.71. The molecule has 0 aliphatic heterocycles. The van der Waals surface area contributed by atoms with Gasteiger partial charge in [-0.3, -0.25) is 10.1 Å². The Balaban J connectivity index is 2.01. The number of nitro groups is 1. The van der Waals surface area contributed by atoms with Crippen molar-refractivity contribution < 1.29 is 9.45 Å². The van der Waals surface area contributed by atoms with Crippen LogP contribution >= 0.6 is 15.9 Å². The number of benzene rings is 1. The van der Waals surface area contributed by atoms with E-state index in [4.69, 9.17) is 4.52 Å². The van der Waals surface area contributed by atoms with E-state index in [-0.39, 0.29) is 10.6 Å². The van der Waals surface area contributed by atoms with Gasteiger partial charge in [-0.2, -0.15) is 0 Å². The van der Waals surface area contributed by atoms with E-state index in [2.05, 4.69) is 26.4 Å². The molecule has 0 bridgehead atoms. The van der Waals surface area contributed by atoms with Gasteiger partial charge < -0.3 is 9.84 Å². The van der Waals surface area contributed by atoms with Crippen molar-refractivity contribution in [1.82, 2.24) is 10.5 Å². The highest BCUT2D eigenvalue weighted by molar-refractivity contribution is 9.10. The molecule has 0 aliphatic rings. The first kappa shape index (κ1) is 13.7. The van der Waals surface area contributed by atoms with Gasteiger partial charge in [0.05, 0.1) is 17.2 Å². The van der Waals surface area contributed by atoms with E-state index < -0.39 is 0 Å². The van der Waals surface area contributed by atoms with Crippen LogP contribution in [-0.2, 0) is 13.1 Å². The molecule has 0 saturated carbocycles. The summed E-state index contributed by atoms with van der Waals surface area (Å²) in [5.41, 5.74) is 1.53. The van der Waals surface area contributed by atoms with Gasteiger partial charge in [-0.15, -0.1) is 0 Å². The maximum atomic E-state index is 10.9. The molecule has 0 fully saturated rings. The van der Waals surface area contributed by atoms with Crippen LogP contribution in [0.25, 0.3) is 0 Å². The van der Waals surface area contributed by atoms with Crippen molar-refractivity contribution >= 4 is 21.6 Å². The highest BCUT2D eigenvalue weighted by atomic mass is 79.9. The maximum Gasteiger partial charge on any atom is 0.275 e. The minimum atomic E-state index is -0.389. The van der Waals surface area contributed by atoms with Crippen molar-refractivity contribution in [2.75, 3.05) is 0 Å². The highest BCUT2D eigenvalue weighted by Gasteiger charge is 2.13. The Labute approximate surface area is 118 Å². The molecule has 7 heteroatoms. The third-order valence-corrected chi connectivity index (χ3v) is 3.03. The second-order valence-corrected chi connectivity index (χ2v) is 4.98. The van der Waals surface area contributed by atoms with Gasteiger partial charge in [-0.1, -0.05) is 21.1 Å². The largest absolute Gasteiger partial charge is 0.360 e. The summed E-state index contributed by atoms with van der Waals surface area (Å²) >= 11 is 3.22. The van der Waals surface area contributed by atoms with E-state index in [1.54, 1.807) is 12.1 Å². The van der Waals surface area contributed by atoms with Crippen LogP contribution in [0.15, 0.2) is 33.3 Å². The number of hydrogen-bond donors (Lipinski definition) is 1. The molecule has 1 heterocycles. The molecule has 1 aromatic heterocycles. The third-order valence-electron chi connectivity index (χ3n) is 2.54. The normalized spacial score (nSPS) is 10.6. The molecule has 0 saturated heterocycles. The molecular weight excluding hydrogens is 314 g/mol. The monoisotopic (exact) mass is 325 g/mol. The third kappa shape index (κ3) is 3.62. The molecule has 0 amide bonds. The molecule has 19 heavy (non-hydrogen) atoms. The minimum absolute atomic E-state index is 0.0932. The van der Waals surface area contributed by atoms with Crippen molar-refractivity contribution in [1.29, 1.82) is 0 Å². The minimum Gasteiger partial charge on any atom is -0.360 e. The molecule has 6 nitrogen and oxygen atoms in total. The second kappa shape index (κ2) is 5.94. The van der Waals surface area contributed by atoms with E-state index in [9.17, 15) is 10.1 Å².